The Bertz CT molecular complexity index is 452. The Morgan fingerprint density at radius 1 is 1.40 bits per heavy atom. The zero-order valence-electron chi connectivity index (χ0n) is 11.8. The molecule has 2 fully saturated rings. The quantitative estimate of drug-likeness (QED) is 0.897. The smallest absolute Gasteiger partial charge is 0.0931 e. The molecule has 3 heterocycles. The van der Waals surface area contributed by atoms with Crippen molar-refractivity contribution in [1.29, 1.82) is 0 Å². The maximum absolute atomic E-state index is 9.98. The highest BCUT2D eigenvalue weighted by Crippen LogP contribution is 2.44. The summed E-state index contributed by atoms with van der Waals surface area (Å²) in [5.41, 5.74) is 6.44. The van der Waals surface area contributed by atoms with Gasteiger partial charge in [0.25, 0.3) is 0 Å². The number of piperidine rings is 1. The Labute approximate surface area is 129 Å². The van der Waals surface area contributed by atoms with Crippen molar-refractivity contribution in [3.63, 3.8) is 0 Å². The van der Waals surface area contributed by atoms with Gasteiger partial charge in [0.15, 0.2) is 0 Å². The second-order valence-electron chi connectivity index (χ2n) is 6.12. The van der Waals surface area contributed by atoms with E-state index in [0.717, 1.165) is 23.6 Å². The largest absolute Gasteiger partial charge is 0.393 e. The normalized spacial score (nSPS) is 33.3. The van der Waals surface area contributed by atoms with E-state index in [1.54, 1.807) is 11.3 Å². The second kappa shape index (κ2) is 5.93. The van der Waals surface area contributed by atoms with E-state index in [1.165, 1.54) is 17.7 Å². The molecule has 4 atom stereocenters. The summed E-state index contributed by atoms with van der Waals surface area (Å²) in [6, 6.07) is 5.43. The minimum absolute atomic E-state index is 0.128. The van der Waals surface area contributed by atoms with Crippen molar-refractivity contribution in [2.75, 3.05) is 0 Å². The SMILES string of the molecule is CCC(N)C(c1ccc(Cl)s1)N1C2CCC1CC(O)C2. The lowest BCUT2D eigenvalue weighted by atomic mass is 9.93. The molecule has 2 aliphatic heterocycles. The van der Waals surface area contributed by atoms with Crippen molar-refractivity contribution >= 4 is 22.9 Å². The van der Waals surface area contributed by atoms with Crippen LogP contribution in [0.3, 0.4) is 0 Å². The van der Waals surface area contributed by atoms with Crippen molar-refractivity contribution in [2.45, 2.75) is 69.3 Å². The van der Waals surface area contributed by atoms with E-state index in [-0.39, 0.29) is 18.2 Å². The molecular weight excluding hydrogens is 292 g/mol. The Hall–Kier alpha value is -0.130. The summed E-state index contributed by atoms with van der Waals surface area (Å²) >= 11 is 7.77. The molecule has 3 N–H and O–H groups in total. The number of aliphatic hydroxyl groups excluding tert-OH is 1. The Morgan fingerprint density at radius 3 is 2.55 bits per heavy atom. The summed E-state index contributed by atoms with van der Waals surface area (Å²) in [7, 11) is 0. The predicted octanol–water partition coefficient (Wildman–Crippen LogP) is 3.17. The Morgan fingerprint density at radius 2 is 2.05 bits per heavy atom. The molecule has 0 spiro atoms. The summed E-state index contributed by atoms with van der Waals surface area (Å²) in [6.07, 6.45) is 4.99. The molecule has 0 radical (unpaired) electrons. The highest BCUT2D eigenvalue weighted by Gasteiger charge is 2.45. The van der Waals surface area contributed by atoms with Crippen LogP contribution in [0.1, 0.15) is 49.9 Å². The fourth-order valence-corrected chi connectivity index (χ4v) is 5.17. The number of thiophene rings is 1. The van der Waals surface area contributed by atoms with Crippen LogP contribution in [0.2, 0.25) is 4.34 Å². The zero-order chi connectivity index (χ0) is 14.3. The number of fused-ring (bicyclic) bond motifs is 2. The van der Waals surface area contributed by atoms with E-state index < -0.39 is 0 Å². The van der Waals surface area contributed by atoms with E-state index in [1.807, 2.05) is 6.07 Å². The van der Waals surface area contributed by atoms with Crippen LogP contribution < -0.4 is 5.73 Å². The van der Waals surface area contributed by atoms with Crippen LogP contribution in [0.25, 0.3) is 0 Å². The van der Waals surface area contributed by atoms with Gasteiger partial charge in [0.1, 0.15) is 0 Å². The summed E-state index contributed by atoms with van der Waals surface area (Å²) in [6.45, 7) is 2.15. The monoisotopic (exact) mass is 314 g/mol. The molecule has 1 aromatic heterocycles. The number of halogens is 1. The average molecular weight is 315 g/mol. The summed E-state index contributed by atoms with van der Waals surface area (Å²) in [5, 5.41) is 9.98. The topological polar surface area (TPSA) is 49.5 Å². The van der Waals surface area contributed by atoms with Crippen molar-refractivity contribution < 1.29 is 5.11 Å². The van der Waals surface area contributed by atoms with Gasteiger partial charge in [0.2, 0.25) is 0 Å². The van der Waals surface area contributed by atoms with E-state index >= 15 is 0 Å². The third-order valence-corrected chi connectivity index (χ3v) is 6.15. The highest BCUT2D eigenvalue weighted by molar-refractivity contribution is 7.16. The molecule has 0 aliphatic carbocycles. The van der Waals surface area contributed by atoms with Crippen molar-refractivity contribution in [2.24, 2.45) is 5.73 Å². The number of hydrogen-bond donors (Lipinski definition) is 2. The standard InChI is InChI=1S/C15H23ClN2OS/c1-2-12(17)15(13-5-6-14(16)20-13)18-9-3-4-10(18)8-11(19)7-9/h5-6,9-12,15,19H,2-4,7-8,17H2,1H3. The molecule has 5 heteroatoms. The first-order valence-corrected chi connectivity index (χ1v) is 8.76. The first-order chi connectivity index (χ1) is 9.60. The van der Waals surface area contributed by atoms with Gasteiger partial charge in [0.05, 0.1) is 16.5 Å². The van der Waals surface area contributed by atoms with Crippen LogP contribution >= 0.6 is 22.9 Å². The number of rotatable bonds is 4. The molecule has 2 saturated heterocycles. The van der Waals surface area contributed by atoms with E-state index in [2.05, 4.69) is 17.9 Å². The zero-order valence-corrected chi connectivity index (χ0v) is 13.4. The van der Waals surface area contributed by atoms with Gasteiger partial charge >= 0.3 is 0 Å². The lowest BCUT2D eigenvalue weighted by molar-refractivity contribution is 0.00328. The van der Waals surface area contributed by atoms with E-state index in [9.17, 15) is 5.11 Å². The van der Waals surface area contributed by atoms with Crippen molar-refractivity contribution in [3.05, 3.63) is 21.3 Å². The van der Waals surface area contributed by atoms with Gasteiger partial charge in [0, 0.05) is 23.0 Å². The number of aliphatic hydroxyl groups is 1. The molecule has 4 unspecified atom stereocenters. The Balaban J connectivity index is 1.90. The van der Waals surface area contributed by atoms with Gasteiger partial charge in [-0.3, -0.25) is 4.90 Å². The highest BCUT2D eigenvalue weighted by atomic mass is 35.5. The number of nitrogens with two attached hydrogens (primary N) is 1. The van der Waals surface area contributed by atoms with Crippen LogP contribution in [-0.2, 0) is 0 Å². The van der Waals surface area contributed by atoms with E-state index in [0.29, 0.717) is 12.1 Å². The minimum Gasteiger partial charge on any atom is -0.393 e. The number of hydrogen-bond acceptors (Lipinski definition) is 4. The maximum Gasteiger partial charge on any atom is 0.0931 e. The first kappa shape index (κ1) is 14.8. The molecule has 20 heavy (non-hydrogen) atoms. The van der Waals surface area contributed by atoms with Crippen LogP contribution in [0.15, 0.2) is 12.1 Å². The van der Waals surface area contributed by atoms with Gasteiger partial charge in [-0.1, -0.05) is 18.5 Å². The van der Waals surface area contributed by atoms with Gasteiger partial charge in [-0.2, -0.15) is 0 Å². The third kappa shape index (κ3) is 2.64. The summed E-state index contributed by atoms with van der Waals surface area (Å²) in [5.74, 6) is 0. The molecule has 3 rings (SSSR count). The molecule has 0 amide bonds. The van der Waals surface area contributed by atoms with Gasteiger partial charge in [-0.05, 0) is 44.2 Å². The average Bonchev–Trinajstić information content (AvgIpc) is 2.93. The maximum atomic E-state index is 9.98. The van der Waals surface area contributed by atoms with Crippen molar-refractivity contribution in [3.8, 4) is 0 Å². The van der Waals surface area contributed by atoms with Gasteiger partial charge in [-0.25, -0.2) is 0 Å². The molecular formula is C15H23ClN2OS. The predicted molar refractivity (Wildman–Crippen MR) is 84.2 cm³/mol. The lowest BCUT2D eigenvalue weighted by Gasteiger charge is -2.44. The van der Waals surface area contributed by atoms with Gasteiger partial charge < -0.3 is 10.8 Å². The van der Waals surface area contributed by atoms with E-state index in [4.69, 9.17) is 17.3 Å². The van der Waals surface area contributed by atoms with Crippen LogP contribution in [0.4, 0.5) is 0 Å². The molecule has 1 aromatic rings. The second-order valence-corrected chi connectivity index (χ2v) is 7.86. The molecule has 0 saturated carbocycles. The van der Waals surface area contributed by atoms with Crippen LogP contribution in [0, 0.1) is 0 Å². The molecule has 0 aromatic carbocycles. The summed E-state index contributed by atoms with van der Waals surface area (Å²) < 4.78 is 0.831. The molecule has 2 bridgehead atoms. The van der Waals surface area contributed by atoms with Crippen molar-refractivity contribution in [1.82, 2.24) is 4.90 Å². The molecule has 112 valence electrons. The van der Waals surface area contributed by atoms with Crippen LogP contribution in [-0.4, -0.2) is 34.2 Å². The fraction of sp³-hybridized carbons (Fsp3) is 0.733. The minimum atomic E-state index is -0.130. The molecule has 2 aliphatic rings. The van der Waals surface area contributed by atoms with Gasteiger partial charge in [-0.15, -0.1) is 11.3 Å². The summed E-state index contributed by atoms with van der Waals surface area (Å²) in [4.78, 5) is 3.86. The molecule has 3 nitrogen and oxygen atoms in total. The number of nitrogens with zero attached hydrogens (tertiary/aromatic N) is 1. The third-order valence-electron chi connectivity index (χ3n) is 4.85. The van der Waals surface area contributed by atoms with Crippen LogP contribution in [0.5, 0.6) is 0 Å². The Kier molecular flexibility index (Phi) is 4.39. The fourth-order valence-electron chi connectivity index (χ4n) is 3.93. The first-order valence-electron chi connectivity index (χ1n) is 7.56. The lowest BCUT2D eigenvalue weighted by Crippen LogP contribution is -2.51.